The summed E-state index contributed by atoms with van der Waals surface area (Å²) >= 11 is 0. The minimum Gasteiger partial charge on any atom is -0.381 e. The normalized spacial score (nSPS) is 32.4. The lowest BCUT2D eigenvalue weighted by atomic mass is 9.72. The standard InChI is InChI=1S/C13H23N5O2/c1-9(2)17-7-3-10(4-8-17)13(15)5-6-16-12(14)11(13)18(19)20/h5-6,9-11H,3-4,7-8,15H2,1-2H3,(H2,14,16). The number of hydrogen-bond donors (Lipinski definition) is 2. The van der Waals surface area contributed by atoms with E-state index < -0.39 is 16.5 Å². The van der Waals surface area contributed by atoms with Crippen LogP contribution in [0.2, 0.25) is 0 Å². The minimum absolute atomic E-state index is 0.00582. The summed E-state index contributed by atoms with van der Waals surface area (Å²) in [5, 5.41) is 11.3. The Morgan fingerprint density at radius 3 is 2.60 bits per heavy atom. The molecule has 2 atom stereocenters. The molecule has 0 saturated carbocycles. The molecule has 0 aromatic rings. The number of rotatable bonds is 3. The maximum Gasteiger partial charge on any atom is 0.290 e. The lowest BCUT2D eigenvalue weighted by Crippen LogP contribution is -2.65. The van der Waals surface area contributed by atoms with Crippen LogP contribution in [0.5, 0.6) is 0 Å². The van der Waals surface area contributed by atoms with Crippen molar-refractivity contribution >= 4 is 5.84 Å². The van der Waals surface area contributed by atoms with Crippen LogP contribution in [0, 0.1) is 16.0 Å². The fourth-order valence-electron chi connectivity index (χ4n) is 3.24. The molecule has 0 spiro atoms. The van der Waals surface area contributed by atoms with Crippen LogP contribution < -0.4 is 11.5 Å². The van der Waals surface area contributed by atoms with E-state index in [1.165, 1.54) is 6.20 Å². The maximum absolute atomic E-state index is 11.3. The highest BCUT2D eigenvalue weighted by Crippen LogP contribution is 2.33. The van der Waals surface area contributed by atoms with Gasteiger partial charge in [-0.15, -0.1) is 0 Å². The minimum atomic E-state index is -1.12. The molecule has 2 aliphatic heterocycles. The molecule has 0 aliphatic carbocycles. The van der Waals surface area contributed by atoms with Crippen molar-refractivity contribution in [1.29, 1.82) is 0 Å². The number of nitrogens with two attached hydrogens (primary N) is 2. The molecule has 1 fully saturated rings. The van der Waals surface area contributed by atoms with Gasteiger partial charge < -0.3 is 16.4 Å². The number of piperidine rings is 1. The Balaban J connectivity index is 2.16. The van der Waals surface area contributed by atoms with Crippen LogP contribution in [0.1, 0.15) is 26.7 Å². The van der Waals surface area contributed by atoms with Gasteiger partial charge in [-0.2, -0.15) is 0 Å². The van der Waals surface area contributed by atoms with E-state index in [4.69, 9.17) is 11.5 Å². The molecule has 4 N–H and O–H groups in total. The smallest absolute Gasteiger partial charge is 0.290 e. The van der Waals surface area contributed by atoms with E-state index in [1.54, 1.807) is 6.08 Å². The second-order valence-corrected chi connectivity index (χ2v) is 5.96. The molecule has 2 heterocycles. The third-order valence-electron chi connectivity index (χ3n) is 4.52. The molecule has 1 saturated heterocycles. The van der Waals surface area contributed by atoms with E-state index in [-0.39, 0.29) is 11.8 Å². The fraction of sp³-hybridized carbons (Fsp3) is 0.769. The van der Waals surface area contributed by atoms with Crippen molar-refractivity contribution in [2.45, 2.75) is 44.3 Å². The van der Waals surface area contributed by atoms with Crippen LogP contribution in [0.3, 0.4) is 0 Å². The highest BCUT2D eigenvalue weighted by Gasteiger charge is 2.51. The van der Waals surface area contributed by atoms with Crippen LogP contribution in [0.25, 0.3) is 0 Å². The van der Waals surface area contributed by atoms with Crippen molar-refractivity contribution in [2.24, 2.45) is 22.4 Å². The quantitative estimate of drug-likeness (QED) is 0.572. The van der Waals surface area contributed by atoms with Gasteiger partial charge in [-0.1, -0.05) is 0 Å². The Hall–Kier alpha value is -1.47. The van der Waals surface area contributed by atoms with Crippen molar-refractivity contribution in [2.75, 3.05) is 13.1 Å². The zero-order valence-corrected chi connectivity index (χ0v) is 12.0. The summed E-state index contributed by atoms with van der Waals surface area (Å²) in [4.78, 5) is 17.1. The summed E-state index contributed by atoms with van der Waals surface area (Å²) < 4.78 is 0. The molecule has 2 unspecified atom stereocenters. The maximum atomic E-state index is 11.3. The largest absolute Gasteiger partial charge is 0.381 e. The van der Waals surface area contributed by atoms with Gasteiger partial charge >= 0.3 is 0 Å². The number of aliphatic imine (C=N–C) groups is 1. The van der Waals surface area contributed by atoms with Crippen LogP contribution in [0.15, 0.2) is 17.3 Å². The predicted octanol–water partition coefficient (Wildman–Crippen LogP) is 0.334. The van der Waals surface area contributed by atoms with Gasteiger partial charge in [0.2, 0.25) is 0 Å². The first-order chi connectivity index (χ1) is 9.36. The number of amidine groups is 1. The van der Waals surface area contributed by atoms with Crippen LogP contribution in [-0.4, -0.2) is 46.4 Å². The Kier molecular flexibility index (Phi) is 4.10. The second-order valence-electron chi connectivity index (χ2n) is 5.96. The third kappa shape index (κ3) is 2.55. The number of likely N-dealkylation sites (tertiary alicyclic amines) is 1. The van der Waals surface area contributed by atoms with E-state index in [0.29, 0.717) is 6.04 Å². The summed E-state index contributed by atoms with van der Waals surface area (Å²) in [5.74, 6) is 0.0597. The number of nitrogens with zero attached hydrogens (tertiary/aromatic N) is 3. The van der Waals surface area contributed by atoms with E-state index in [9.17, 15) is 10.1 Å². The molecule has 2 rings (SSSR count). The van der Waals surface area contributed by atoms with E-state index in [2.05, 4.69) is 23.7 Å². The Bertz CT molecular complexity index is 440. The Morgan fingerprint density at radius 2 is 2.10 bits per heavy atom. The summed E-state index contributed by atoms with van der Waals surface area (Å²) in [6.07, 6.45) is 4.85. The topological polar surface area (TPSA) is 111 Å². The highest BCUT2D eigenvalue weighted by atomic mass is 16.6. The molecule has 0 aromatic heterocycles. The zero-order valence-electron chi connectivity index (χ0n) is 12.0. The van der Waals surface area contributed by atoms with Crippen LogP contribution in [-0.2, 0) is 0 Å². The summed E-state index contributed by atoms with van der Waals surface area (Å²) in [7, 11) is 0. The molecule has 7 heteroatoms. The monoisotopic (exact) mass is 281 g/mol. The van der Waals surface area contributed by atoms with Crippen molar-refractivity contribution in [3.8, 4) is 0 Å². The van der Waals surface area contributed by atoms with Gasteiger partial charge in [0.1, 0.15) is 5.54 Å². The molecule has 0 bridgehead atoms. The molecular weight excluding hydrogens is 258 g/mol. The van der Waals surface area contributed by atoms with Crippen molar-refractivity contribution in [3.05, 3.63) is 22.4 Å². The molecule has 0 amide bonds. The average Bonchev–Trinajstić information content (AvgIpc) is 2.38. The summed E-state index contributed by atoms with van der Waals surface area (Å²) in [5.41, 5.74) is 11.1. The number of nitro groups is 1. The van der Waals surface area contributed by atoms with E-state index in [1.807, 2.05) is 0 Å². The third-order valence-corrected chi connectivity index (χ3v) is 4.52. The lowest BCUT2D eigenvalue weighted by molar-refractivity contribution is -0.513. The second kappa shape index (κ2) is 5.49. The first-order valence-electron chi connectivity index (χ1n) is 7.03. The van der Waals surface area contributed by atoms with Gasteiger partial charge in [-0.3, -0.25) is 10.1 Å². The van der Waals surface area contributed by atoms with Gasteiger partial charge in [0.25, 0.3) is 6.04 Å². The summed E-state index contributed by atoms with van der Waals surface area (Å²) in [6, 6.07) is -0.632. The molecular formula is C13H23N5O2. The van der Waals surface area contributed by atoms with Gasteiger partial charge in [0, 0.05) is 17.2 Å². The van der Waals surface area contributed by atoms with E-state index in [0.717, 1.165) is 25.9 Å². The summed E-state index contributed by atoms with van der Waals surface area (Å²) in [6.45, 7) is 6.14. The number of hydrogen-bond acceptors (Lipinski definition) is 6. The van der Waals surface area contributed by atoms with Crippen LogP contribution >= 0.6 is 0 Å². The Labute approximate surface area is 118 Å². The molecule has 7 nitrogen and oxygen atoms in total. The van der Waals surface area contributed by atoms with Crippen molar-refractivity contribution < 1.29 is 4.92 Å². The Morgan fingerprint density at radius 1 is 1.50 bits per heavy atom. The molecule has 0 radical (unpaired) electrons. The molecule has 0 aromatic carbocycles. The van der Waals surface area contributed by atoms with Crippen molar-refractivity contribution in [1.82, 2.24) is 4.90 Å². The first kappa shape index (κ1) is 14.9. The van der Waals surface area contributed by atoms with Crippen LogP contribution in [0.4, 0.5) is 0 Å². The predicted molar refractivity (Wildman–Crippen MR) is 77.9 cm³/mol. The van der Waals surface area contributed by atoms with Gasteiger partial charge in [-0.05, 0) is 51.8 Å². The fourth-order valence-corrected chi connectivity index (χ4v) is 3.24. The van der Waals surface area contributed by atoms with Gasteiger partial charge in [0.05, 0.1) is 0 Å². The molecule has 2 aliphatic rings. The lowest BCUT2D eigenvalue weighted by Gasteiger charge is -2.43. The molecule has 112 valence electrons. The van der Waals surface area contributed by atoms with Gasteiger partial charge in [0.15, 0.2) is 5.84 Å². The highest BCUT2D eigenvalue weighted by molar-refractivity contribution is 5.88. The van der Waals surface area contributed by atoms with Crippen molar-refractivity contribution in [3.63, 3.8) is 0 Å². The average molecular weight is 281 g/mol. The van der Waals surface area contributed by atoms with E-state index >= 15 is 0 Å². The molecule has 20 heavy (non-hydrogen) atoms. The zero-order chi connectivity index (χ0) is 14.9. The first-order valence-corrected chi connectivity index (χ1v) is 7.03. The SMILES string of the molecule is CC(C)N1CCC(C2(N)C=CN=C(N)C2[N+](=O)[O-])CC1. The van der Waals surface area contributed by atoms with Gasteiger partial charge in [-0.25, -0.2) is 4.99 Å².